The number of carbonyl (C=O) groups is 2. The molecule has 2 aliphatic heterocycles. The number of carbonyl (C=O) groups excluding carboxylic acids is 2. The van der Waals surface area contributed by atoms with Gasteiger partial charge in [-0.15, -0.1) is 0 Å². The molecule has 0 saturated carbocycles. The number of benzene rings is 1. The van der Waals surface area contributed by atoms with Gasteiger partial charge in [-0.25, -0.2) is 18.2 Å². The third kappa shape index (κ3) is 5.56. The molecule has 9 nitrogen and oxygen atoms in total. The third-order valence-corrected chi connectivity index (χ3v) is 7.88. The zero-order chi connectivity index (χ0) is 24.1. The molecule has 10 heteroatoms. The van der Waals surface area contributed by atoms with E-state index < -0.39 is 21.8 Å². The number of ether oxygens (including phenoxy) is 1. The lowest BCUT2D eigenvalue weighted by Gasteiger charge is -2.40. The summed E-state index contributed by atoms with van der Waals surface area (Å²) in [7, 11) is -3.04. The molecule has 2 aromatic rings. The minimum absolute atomic E-state index is 0.00392. The van der Waals surface area contributed by atoms with E-state index in [1.165, 1.54) is 6.20 Å². The Kier molecular flexibility index (Phi) is 7.47. The summed E-state index contributed by atoms with van der Waals surface area (Å²) in [6.07, 6.45) is 1.51. The van der Waals surface area contributed by atoms with E-state index in [0.717, 1.165) is 11.4 Å². The number of pyridine rings is 1. The van der Waals surface area contributed by atoms with E-state index in [4.69, 9.17) is 4.74 Å². The lowest BCUT2D eigenvalue weighted by atomic mass is 10.0. The normalized spacial score (nSPS) is 19.4. The number of rotatable bonds is 6. The zero-order valence-electron chi connectivity index (χ0n) is 19.3. The molecular weight excluding hydrogens is 456 g/mol. The molecule has 2 fully saturated rings. The number of nitrogens with zero attached hydrogens (tertiary/aromatic N) is 4. The zero-order valence-corrected chi connectivity index (χ0v) is 20.1. The number of sulfone groups is 1. The molecule has 0 spiro atoms. The topological polar surface area (TPSA) is 100 Å². The number of anilines is 1. The van der Waals surface area contributed by atoms with Crippen molar-refractivity contribution in [3.8, 4) is 0 Å². The molecule has 4 rings (SSSR count). The van der Waals surface area contributed by atoms with Crippen LogP contribution < -0.4 is 4.90 Å². The number of esters is 1. The summed E-state index contributed by atoms with van der Waals surface area (Å²) >= 11 is 0. The van der Waals surface area contributed by atoms with Crippen molar-refractivity contribution in [1.82, 2.24) is 14.8 Å². The molecule has 2 saturated heterocycles. The van der Waals surface area contributed by atoms with E-state index in [2.05, 4.69) is 9.88 Å². The van der Waals surface area contributed by atoms with E-state index in [1.807, 2.05) is 40.1 Å². The second-order valence-electron chi connectivity index (χ2n) is 8.44. The van der Waals surface area contributed by atoms with Gasteiger partial charge in [0.05, 0.1) is 23.7 Å². The molecule has 0 radical (unpaired) electrons. The summed E-state index contributed by atoms with van der Waals surface area (Å²) in [6.45, 7) is 5.09. The fraction of sp³-hybridized carbons (Fsp3) is 0.458. The van der Waals surface area contributed by atoms with Gasteiger partial charge in [0.15, 0.2) is 9.84 Å². The van der Waals surface area contributed by atoms with Gasteiger partial charge in [-0.3, -0.25) is 9.69 Å². The molecule has 182 valence electrons. The highest BCUT2D eigenvalue weighted by molar-refractivity contribution is 7.91. The van der Waals surface area contributed by atoms with Gasteiger partial charge >= 0.3 is 5.97 Å². The van der Waals surface area contributed by atoms with Gasteiger partial charge in [0.1, 0.15) is 11.9 Å². The number of hydrogen-bond donors (Lipinski definition) is 0. The fourth-order valence-corrected chi connectivity index (χ4v) is 5.60. The second-order valence-corrected chi connectivity index (χ2v) is 10.7. The molecule has 1 amide bonds. The molecule has 2 aliphatic rings. The van der Waals surface area contributed by atoms with Crippen molar-refractivity contribution in [3.63, 3.8) is 0 Å². The first-order valence-electron chi connectivity index (χ1n) is 11.5. The van der Waals surface area contributed by atoms with Gasteiger partial charge in [0.2, 0.25) is 5.91 Å². The number of amides is 1. The van der Waals surface area contributed by atoms with Crippen LogP contribution in [0.15, 0.2) is 48.7 Å². The first-order chi connectivity index (χ1) is 16.4. The molecule has 0 bridgehead atoms. The maximum absolute atomic E-state index is 13.6. The van der Waals surface area contributed by atoms with Crippen LogP contribution in [-0.2, 0) is 19.4 Å². The van der Waals surface area contributed by atoms with E-state index in [1.54, 1.807) is 19.1 Å². The van der Waals surface area contributed by atoms with E-state index >= 15 is 0 Å². The standard InChI is InChI=1S/C24H30N4O5S/c1-2-33-24(30)20-8-9-21(25-18-20)26-10-12-28(13-11-26)23(29)22(19-6-4-3-5-7-19)27-14-16-34(31,32)17-15-27/h3-9,18,22H,2,10-17H2,1H3. The Hall–Kier alpha value is -2.98. The Labute approximate surface area is 200 Å². The van der Waals surface area contributed by atoms with Gasteiger partial charge in [-0.05, 0) is 24.6 Å². The van der Waals surface area contributed by atoms with Gasteiger partial charge in [0, 0.05) is 45.5 Å². The van der Waals surface area contributed by atoms with Crippen LogP contribution in [0.5, 0.6) is 0 Å². The molecule has 0 N–H and O–H groups in total. The molecule has 1 atom stereocenters. The van der Waals surface area contributed by atoms with Crippen LogP contribution in [0.2, 0.25) is 0 Å². The average molecular weight is 487 g/mol. The first kappa shape index (κ1) is 24.2. The number of hydrogen-bond acceptors (Lipinski definition) is 8. The molecule has 1 unspecified atom stereocenters. The van der Waals surface area contributed by atoms with Crippen molar-refractivity contribution >= 4 is 27.5 Å². The number of aromatic nitrogens is 1. The Morgan fingerprint density at radius 1 is 0.971 bits per heavy atom. The molecule has 1 aromatic heterocycles. The Morgan fingerprint density at radius 3 is 2.24 bits per heavy atom. The Balaban J connectivity index is 1.42. The second kappa shape index (κ2) is 10.5. The molecule has 1 aromatic carbocycles. The lowest BCUT2D eigenvalue weighted by molar-refractivity contribution is -0.137. The average Bonchev–Trinajstić information content (AvgIpc) is 2.86. The highest BCUT2D eigenvalue weighted by Gasteiger charge is 2.36. The summed E-state index contributed by atoms with van der Waals surface area (Å²) in [5, 5.41) is 0. The predicted molar refractivity (Wildman–Crippen MR) is 128 cm³/mol. The molecule has 3 heterocycles. The van der Waals surface area contributed by atoms with Gasteiger partial charge in [0.25, 0.3) is 0 Å². The van der Waals surface area contributed by atoms with E-state index in [-0.39, 0.29) is 17.4 Å². The van der Waals surface area contributed by atoms with Crippen LogP contribution in [0.25, 0.3) is 0 Å². The summed E-state index contributed by atoms with van der Waals surface area (Å²) in [5.74, 6) is 0.501. The van der Waals surface area contributed by atoms with Crippen molar-refractivity contribution in [2.45, 2.75) is 13.0 Å². The highest BCUT2D eigenvalue weighted by atomic mass is 32.2. The largest absolute Gasteiger partial charge is 0.462 e. The minimum atomic E-state index is -3.04. The predicted octanol–water partition coefficient (Wildman–Crippen LogP) is 1.38. The van der Waals surface area contributed by atoms with Crippen molar-refractivity contribution in [2.24, 2.45) is 0 Å². The molecule has 0 aliphatic carbocycles. The summed E-state index contributed by atoms with van der Waals surface area (Å²) in [5.41, 5.74) is 1.29. The van der Waals surface area contributed by atoms with Crippen LogP contribution in [0.4, 0.5) is 5.82 Å². The Morgan fingerprint density at radius 2 is 1.65 bits per heavy atom. The quantitative estimate of drug-likeness (QED) is 0.565. The van der Waals surface area contributed by atoms with Crippen molar-refractivity contribution in [2.75, 3.05) is 62.3 Å². The highest BCUT2D eigenvalue weighted by Crippen LogP contribution is 2.26. The van der Waals surface area contributed by atoms with E-state index in [0.29, 0.717) is 51.4 Å². The van der Waals surface area contributed by atoms with Gasteiger partial charge in [-0.1, -0.05) is 30.3 Å². The minimum Gasteiger partial charge on any atom is -0.462 e. The molecule has 34 heavy (non-hydrogen) atoms. The maximum atomic E-state index is 13.6. The van der Waals surface area contributed by atoms with Gasteiger partial charge < -0.3 is 14.5 Å². The lowest BCUT2D eigenvalue weighted by Crippen LogP contribution is -2.54. The summed E-state index contributed by atoms with van der Waals surface area (Å²) < 4.78 is 28.9. The monoisotopic (exact) mass is 486 g/mol. The van der Waals surface area contributed by atoms with Crippen molar-refractivity contribution < 1.29 is 22.7 Å². The van der Waals surface area contributed by atoms with Crippen LogP contribution >= 0.6 is 0 Å². The maximum Gasteiger partial charge on any atom is 0.339 e. The third-order valence-electron chi connectivity index (χ3n) is 6.27. The Bertz CT molecular complexity index is 1090. The van der Waals surface area contributed by atoms with Crippen LogP contribution in [0, 0.1) is 0 Å². The number of piperazine rings is 1. The van der Waals surface area contributed by atoms with Crippen LogP contribution in [-0.4, -0.2) is 92.5 Å². The van der Waals surface area contributed by atoms with Crippen LogP contribution in [0.3, 0.4) is 0 Å². The molecular formula is C24H30N4O5S. The van der Waals surface area contributed by atoms with Crippen LogP contribution in [0.1, 0.15) is 28.9 Å². The summed E-state index contributed by atoms with van der Waals surface area (Å²) in [4.78, 5) is 35.8. The SMILES string of the molecule is CCOC(=O)c1ccc(N2CCN(C(=O)C(c3ccccc3)N3CCS(=O)(=O)CC3)CC2)nc1. The van der Waals surface area contributed by atoms with Gasteiger partial charge in [-0.2, -0.15) is 0 Å². The van der Waals surface area contributed by atoms with Crippen molar-refractivity contribution in [3.05, 3.63) is 59.8 Å². The van der Waals surface area contributed by atoms with E-state index in [9.17, 15) is 18.0 Å². The smallest absolute Gasteiger partial charge is 0.339 e. The summed E-state index contributed by atoms with van der Waals surface area (Å²) in [6, 6.07) is 12.6. The first-order valence-corrected chi connectivity index (χ1v) is 13.4. The van der Waals surface area contributed by atoms with Crippen molar-refractivity contribution in [1.29, 1.82) is 0 Å². The fourth-order valence-electron chi connectivity index (χ4n) is 4.37.